The zero-order chi connectivity index (χ0) is 15.4. The average molecular weight is 292 g/mol. The van der Waals surface area contributed by atoms with E-state index in [9.17, 15) is 13.6 Å². The predicted molar refractivity (Wildman–Crippen MR) is 75.1 cm³/mol. The number of carbonyl (C=O) groups excluding carboxylic acids is 1. The van der Waals surface area contributed by atoms with Crippen LogP contribution in [0, 0.1) is 11.6 Å². The second-order valence-electron chi connectivity index (χ2n) is 4.68. The fourth-order valence-electron chi connectivity index (χ4n) is 1.60. The fourth-order valence-corrected chi connectivity index (χ4v) is 1.60. The van der Waals surface area contributed by atoms with Crippen LogP contribution in [0.25, 0.3) is 0 Å². The summed E-state index contributed by atoms with van der Waals surface area (Å²) in [5.74, 6) is -1.65. The number of carbonyl (C=O) groups is 1. The van der Waals surface area contributed by atoms with Gasteiger partial charge in [-0.3, -0.25) is 4.79 Å². The summed E-state index contributed by atoms with van der Waals surface area (Å²) < 4.78 is 26.2. The number of hydrogen-bond acceptors (Lipinski definition) is 4. The molecule has 7 heteroatoms. The molecule has 2 N–H and O–H groups in total. The number of halogens is 2. The highest BCUT2D eigenvalue weighted by Gasteiger charge is 2.12. The van der Waals surface area contributed by atoms with E-state index in [1.54, 1.807) is 6.07 Å². The smallest absolute Gasteiger partial charge is 0.276 e. The van der Waals surface area contributed by atoms with E-state index in [-0.39, 0.29) is 17.4 Å². The lowest BCUT2D eigenvalue weighted by Crippen LogP contribution is -2.17. The van der Waals surface area contributed by atoms with Crippen molar-refractivity contribution in [2.75, 3.05) is 10.6 Å². The molecule has 0 fully saturated rings. The highest BCUT2D eigenvalue weighted by molar-refractivity contribution is 6.02. The number of hydrogen-bond donors (Lipinski definition) is 2. The maximum Gasteiger partial charge on any atom is 0.276 e. The largest absolute Gasteiger partial charge is 0.366 e. The van der Waals surface area contributed by atoms with Crippen LogP contribution >= 0.6 is 0 Å². The monoisotopic (exact) mass is 292 g/mol. The normalized spacial score (nSPS) is 10.5. The quantitative estimate of drug-likeness (QED) is 0.909. The number of nitrogens with one attached hydrogen (secondary N) is 2. The summed E-state index contributed by atoms with van der Waals surface area (Å²) in [4.78, 5) is 11.9. The van der Waals surface area contributed by atoms with Gasteiger partial charge in [0.05, 0.1) is 5.69 Å². The Morgan fingerprint density at radius 2 is 1.90 bits per heavy atom. The zero-order valence-electron chi connectivity index (χ0n) is 11.5. The van der Waals surface area contributed by atoms with E-state index in [1.165, 1.54) is 6.07 Å². The van der Waals surface area contributed by atoms with Gasteiger partial charge in [0.15, 0.2) is 5.69 Å². The van der Waals surface area contributed by atoms with Crippen LogP contribution in [-0.4, -0.2) is 22.1 Å². The molecule has 0 spiro atoms. The Bertz CT molecular complexity index is 644. The van der Waals surface area contributed by atoms with E-state index in [4.69, 9.17) is 0 Å². The van der Waals surface area contributed by atoms with E-state index >= 15 is 0 Å². The zero-order valence-corrected chi connectivity index (χ0v) is 11.5. The van der Waals surface area contributed by atoms with Crippen molar-refractivity contribution in [3.05, 3.63) is 47.7 Å². The van der Waals surface area contributed by atoms with E-state index in [1.807, 2.05) is 13.8 Å². The van der Waals surface area contributed by atoms with Crippen molar-refractivity contribution in [1.29, 1.82) is 0 Å². The van der Waals surface area contributed by atoms with Crippen molar-refractivity contribution >= 4 is 17.4 Å². The van der Waals surface area contributed by atoms with Crippen LogP contribution < -0.4 is 10.6 Å². The van der Waals surface area contributed by atoms with Crippen molar-refractivity contribution in [2.45, 2.75) is 19.9 Å². The Morgan fingerprint density at radius 1 is 1.14 bits per heavy atom. The van der Waals surface area contributed by atoms with Crippen LogP contribution in [0.15, 0.2) is 30.3 Å². The molecule has 0 aliphatic rings. The average Bonchev–Trinajstić information content (AvgIpc) is 2.42. The molecule has 1 heterocycles. The SMILES string of the molecule is CC(C)Nc1ccc(C(=O)Nc2ccc(F)cc2F)nn1. The molecule has 21 heavy (non-hydrogen) atoms. The molecular formula is C14H14F2N4O. The summed E-state index contributed by atoms with van der Waals surface area (Å²) in [6.07, 6.45) is 0. The topological polar surface area (TPSA) is 66.9 Å². The lowest BCUT2D eigenvalue weighted by atomic mass is 10.2. The van der Waals surface area contributed by atoms with Gasteiger partial charge in [0, 0.05) is 12.1 Å². The van der Waals surface area contributed by atoms with Gasteiger partial charge in [-0.05, 0) is 38.1 Å². The van der Waals surface area contributed by atoms with Crippen LogP contribution in [-0.2, 0) is 0 Å². The van der Waals surface area contributed by atoms with Crippen molar-refractivity contribution in [1.82, 2.24) is 10.2 Å². The third-order valence-electron chi connectivity index (χ3n) is 2.51. The molecule has 1 aromatic heterocycles. The number of amides is 1. The Balaban J connectivity index is 2.09. The summed E-state index contributed by atoms with van der Waals surface area (Å²) in [6.45, 7) is 3.89. The van der Waals surface area contributed by atoms with Gasteiger partial charge < -0.3 is 10.6 Å². The van der Waals surface area contributed by atoms with Crippen molar-refractivity contribution < 1.29 is 13.6 Å². The highest BCUT2D eigenvalue weighted by Crippen LogP contribution is 2.15. The van der Waals surface area contributed by atoms with Crippen LogP contribution in [0.3, 0.4) is 0 Å². The summed E-state index contributed by atoms with van der Waals surface area (Å²) in [7, 11) is 0. The molecule has 0 bridgehead atoms. The van der Waals surface area contributed by atoms with E-state index in [0.717, 1.165) is 12.1 Å². The van der Waals surface area contributed by atoms with Crippen LogP contribution in [0.4, 0.5) is 20.3 Å². The van der Waals surface area contributed by atoms with Gasteiger partial charge in [-0.2, -0.15) is 0 Å². The lowest BCUT2D eigenvalue weighted by Gasteiger charge is -2.09. The molecule has 0 unspecified atom stereocenters. The third-order valence-corrected chi connectivity index (χ3v) is 2.51. The summed E-state index contributed by atoms with van der Waals surface area (Å²) >= 11 is 0. The molecule has 0 radical (unpaired) electrons. The van der Waals surface area contributed by atoms with E-state index < -0.39 is 17.5 Å². The van der Waals surface area contributed by atoms with Crippen molar-refractivity contribution in [3.8, 4) is 0 Å². The number of aromatic nitrogens is 2. The summed E-state index contributed by atoms with van der Waals surface area (Å²) in [5.41, 5.74) is -0.0828. The minimum atomic E-state index is -0.852. The predicted octanol–water partition coefficient (Wildman–Crippen LogP) is 2.83. The van der Waals surface area contributed by atoms with Crippen LogP contribution in [0.2, 0.25) is 0 Å². The van der Waals surface area contributed by atoms with Gasteiger partial charge in [-0.15, -0.1) is 10.2 Å². The van der Waals surface area contributed by atoms with Gasteiger partial charge >= 0.3 is 0 Å². The minimum Gasteiger partial charge on any atom is -0.366 e. The van der Waals surface area contributed by atoms with Gasteiger partial charge in [-0.1, -0.05) is 0 Å². The Kier molecular flexibility index (Phi) is 4.42. The van der Waals surface area contributed by atoms with Crippen molar-refractivity contribution in [3.63, 3.8) is 0 Å². The standard InChI is InChI=1S/C14H14F2N4O/c1-8(2)17-13-6-5-12(19-20-13)14(21)18-11-4-3-9(15)7-10(11)16/h3-8H,1-2H3,(H,17,20)(H,18,21). The first-order valence-corrected chi connectivity index (χ1v) is 6.32. The first kappa shape index (κ1) is 14.8. The van der Waals surface area contributed by atoms with Crippen LogP contribution in [0.1, 0.15) is 24.3 Å². The lowest BCUT2D eigenvalue weighted by molar-refractivity contribution is 0.102. The van der Waals surface area contributed by atoms with E-state index in [2.05, 4.69) is 20.8 Å². The maximum absolute atomic E-state index is 13.4. The molecule has 0 aliphatic carbocycles. The summed E-state index contributed by atoms with van der Waals surface area (Å²) in [5, 5.41) is 12.9. The molecule has 110 valence electrons. The van der Waals surface area contributed by atoms with Crippen molar-refractivity contribution in [2.24, 2.45) is 0 Å². The number of benzene rings is 1. The number of anilines is 2. The third kappa shape index (κ3) is 3.95. The number of rotatable bonds is 4. The van der Waals surface area contributed by atoms with Gasteiger partial charge in [0.2, 0.25) is 0 Å². The number of nitrogens with zero attached hydrogens (tertiary/aromatic N) is 2. The molecule has 0 saturated heterocycles. The molecular weight excluding hydrogens is 278 g/mol. The molecule has 2 rings (SSSR count). The molecule has 1 aromatic carbocycles. The second kappa shape index (κ2) is 6.25. The van der Waals surface area contributed by atoms with Gasteiger partial charge in [0.1, 0.15) is 17.5 Å². The summed E-state index contributed by atoms with van der Waals surface area (Å²) in [6, 6.07) is 6.14. The molecule has 1 amide bonds. The molecule has 0 aliphatic heterocycles. The molecule has 5 nitrogen and oxygen atoms in total. The molecule has 0 saturated carbocycles. The van der Waals surface area contributed by atoms with Crippen LogP contribution in [0.5, 0.6) is 0 Å². The fraction of sp³-hybridized carbons (Fsp3) is 0.214. The molecule has 0 atom stereocenters. The second-order valence-corrected chi connectivity index (χ2v) is 4.68. The van der Waals surface area contributed by atoms with E-state index in [0.29, 0.717) is 11.9 Å². The Labute approximate surface area is 120 Å². The highest BCUT2D eigenvalue weighted by atomic mass is 19.1. The van der Waals surface area contributed by atoms with Gasteiger partial charge in [-0.25, -0.2) is 8.78 Å². The first-order chi connectivity index (χ1) is 9.95. The maximum atomic E-state index is 13.4. The Morgan fingerprint density at radius 3 is 2.48 bits per heavy atom. The van der Waals surface area contributed by atoms with Gasteiger partial charge in [0.25, 0.3) is 5.91 Å². The minimum absolute atomic E-state index is 0.0352. The Hall–Kier alpha value is -2.57. The molecule has 2 aromatic rings. The first-order valence-electron chi connectivity index (χ1n) is 6.32.